The Kier molecular flexibility index (Phi) is 10.1. The quantitative estimate of drug-likeness (QED) is 0.407. The lowest BCUT2D eigenvalue weighted by Gasteiger charge is -2.43. The molecule has 0 saturated carbocycles. The molecule has 1 amide bonds. The third kappa shape index (κ3) is 7.79. The van der Waals surface area contributed by atoms with E-state index in [9.17, 15) is 18.0 Å². The second-order valence-electron chi connectivity index (χ2n) is 10.7. The van der Waals surface area contributed by atoms with Crippen molar-refractivity contribution in [1.82, 2.24) is 24.5 Å². The molecule has 2 fully saturated rings. The summed E-state index contributed by atoms with van der Waals surface area (Å²) in [6.07, 6.45) is -0.877. The van der Waals surface area contributed by atoms with E-state index in [0.29, 0.717) is 24.2 Å². The number of fused-ring (bicyclic) bond motifs is 1. The highest BCUT2D eigenvalue weighted by molar-refractivity contribution is 6.35. The highest BCUT2D eigenvalue weighted by Crippen LogP contribution is 2.34. The van der Waals surface area contributed by atoms with Crippen LogP contribution in [-0.4, -0.2) is 92.6 Å². The van der Waals surface area contributed by atoms with Crippen LogP contribution in [0.1, 0.15) is 32.6 Å². The fraction of sp³-hybridized carbons (Fsp3) is 0.556. The van der Waals surface area contributed by atoms with Crippen LogP contribution in [0.5, 0.6) is 0 Å². The molecule has 2 aromatic heterocycles. The van der Waals surface area contributed by atoms with Crippen LogP contribution < -0.4 is 5.73 Å². The average molecular weight is 615 g/mol. The number of ether oxygens (including phenoxy) is 1. The molecule has 0 spiro atoms. The molecule has 2 atom stereocenters. The number of piperazine rings is 1. The Hall–Kier alpha value is -3.20. The second-order valence-corrected chi connectivity index (χ2v) is 11.1. The first-order chi connectivity index (χ1) is 19.8. The number of nitrogens with two attached hydrogens (primary N) is 1. The molecule has 11 nitrogen and oxygen atoms in total. The Balaban J connectivity index is 0.000000517. The Bertz CT molecular complexity index is 1390. The number of amides is 1. The fourth-order valence-corrected chi connectivity index (χ4v) is 5.64. The van der Waals surface area contributed by atoms with Gasteiger partial charge in [0.25, 0.3) is 0 Å². The minimum Gasteiger partial charge on any atom is -0.475 e. The van der Waals surface area contributed by atoms with Gasteiger partial charge < -0.3 is 24.7 Å². The lowest BCUT2D eigenvalue weighted by Crippen LogP contribution is -2.57. The number of aliphatic carboxylic acids is 1. The van der Waals surface area contributed by atoms with Crippen molar-refractivity contribution < 1.29 is 37.1 Å². The van der Waals surface area contributed by atoms with Crippen molar-refractivity contribution in [3.05, 3.63) is 35.3 Å². The first-order valence-electron chi connectivity index (χ1n) is 13.6. The molecular weight excluding hydrogens is 581 g/mol. The van der Waals surface area contributed by atoms with E-state index >= 15 is 0 Å². The highest BCUT2D eigenvalue weighted by atomic mass is 35.5. The van der Waals surface area contributed by atoms with Gasteiger partial charge in [-0.15, -0.1) is 0 Å². The molecule has 2 aliphatic heterocycles. The lowest BCUT2D eigenvalue weighted by atomic mass is 10.0. The zero-order valence-electron chi connectivity index (χ0n) is 23.3. The normalized spacial score (nSPS) is 20.8. The van der Waals surface area contributed by atoms with Crippen LogP contribution in [0.15, 0.2) is 28.9 Å². The molecular formula is C27H34ClF3N6O5. The number of nitrogens with zero attached hydrogens (tertiary/aromatic N) is 5. The molecule has 2 saturated heterocycles. The number of alkyl halides is 3. The fourth-order valence-electron chi connectivity index (χ4n) is 5.36. The number of carboxylic acids is 1. The number of primary amides is 1. The Morgan fingerprint density at radius 3 is 2.43 bits per heavy atom. The number of carboxylic acid groups (broad SMARTS) is 1. The largest absolute Gasteiger partial charge is 0.490 e. The van der Waals surface area contributed by atoms with Crippen LogP contribution in [-0.2, 0) is 27.4 Å². The van der Waals surface area contributed by atoms with Gasteiger partial charge >= 0.3 is 12.1 Å². The van der Waals surface area contributed by atoms with E-state index in [1.807, 2.05) is 12.1 Å². The van der Waals surface area contributed by atoms with Gasteiger partial charge in [-0.3, -0.25) is 14.6 Å². The molecule has 2 aliphatic rings. The third-order valence-corrected chi connectivity index (χ3v) is 7.84. The van der Waals surface area contributed by atoms with Gasteiger partial charge in [0.1, 0.15) is 0 Å². The van der Waals surface area contributed by atoms with Crippen LogP contribution in [0.2, 0.25) is 5.02 Å². The van der Waals surface area contributed by atoms with Crippen molar-refractivity contribution in [1.29, 1.82) is 0 Å². The summed E-state index contributed by atoms with van der Waals surface area (Å²) < 4.78 is 45.2. The van der Waals surface area contributed by atoms with Crippen molar-refractivity contribution in [3.63, 3.8) is 0 Å². The molecule has 3 N–H and O–H groups in total. The number of halogens is 4. The number of para-hydroxylation sites is 1. The highest BCUT2D eigenvalue weighted by Gasteiger charge is 2.38. The molecule has 3 aromatic rings. The van der Waals surface area contributed by atoms with Crippen LogP contribution in [0.3, 0.4) is 0 Å². The van der Waals surface area contributed by atoms with E-state index in [4.69, 9.17) is 41.5 Å². The standard InChI is InChI=1S/C25H33ClN6O3.C2HF3O2/c1-16-11-31(17(2)10-30(16)14-22(27)33)15-23-28-25(29-35-23)20-13-32(12-18-6-8-34-9-7-18)24-19(20)4-3-5-21(24)26;3-2(4,5)1(6)7/h3-5,13,16-18H,6-12,14-15H2,1-2H3,(H2,27,33);(H,6,7)/t16-,17+;/m0./s1. The van der Waals surface area contributed by atoms with Crippen molar-refractivity contribution in [2.24, 2.45) is 11.7 Å². The number of carbonyl (C=O) groups is 2. The van der Waals surface area contributed by atoms with Gasteiger partial charge in [0.05, 0.1) is 23.6 Å². The summed E-state index contributed by atoms with van der Waals surface area (Å²) in [4.78, 5) is 29.5. The average Bonchev–Trinajstić information content (AvgIpc) is 3.52. The maximum Gasteiger partial charge on any atom is 0.490 e. The molecule has 0 unspecified atom stereocenters. The van der Waals surface area contributed by atoms with E-state index < -0.39 is 12.1 Å². The minimum atomic E-state index is -5.08. The maximum atomic E-state index is 11.4. The molecule has 4 heterocycles. The van der Waals surface area contributed by atoms with Crippen LogP contribution in [0.25, 0.3) is 22.3 Å². The molecule has 0 bridgehead atoms. The lowest BCUT2D eigenvalue weighted by molar-refractivity contribution is -0.192. The predicted molar refractivity (Wildman–Crippen MR) is 148 cm³/mol. The first-order valence-corrected chi connectivity index (χ1v) is 14.0. The number of rotatable bonds is 7. The monoisotopic (exact) mass is 614 g/mol. The Morgan fingerprint density at radius 2 is 1.79 bits per heavy atom. The summed E-state index contributed by atoms with van der Waals surface area (Å²) in [6.45, 7) is 9.17. The Labute approximate surface area is 245 Å². The Morgan fingerprint density at radius 1 is 1.14 bits per heavy atom. The molecule has 5 rings (SSSR count). The van der Waals surface area contributed by atoms with Crippen molar-refractivity contribution >= 4 is 34.4 Å². The second kappa shape index (κ2) is 13.4. The summed E-state index contributed by atoms with van der Waals surface area (Å²) >= 11 is 6.64. The smallest absolute Gasteiger partial charge is 0.475 e. The molecule has 0 radical (unpaired) electrons. The molecule has 0 aliphatic carbocycles. The van der Waals surface area contributed by atoms with Crippen LogP contribution in [0, 0.1) is 5.92 Å². The van der Waals surface area contributed by atoms with Gasteiger partial charge in [0.15, 0.2) is 0 Å². The van der Waals surface area contributed by atoms with E-state index in [1.54, 1.807) is 0 Å². The van der Waals surface area contributed by atoms with E-state index in [2.05, 4.69) is 45.6 Å². The number of carbonyl (C=O) groups excluding carboxylic acids is 1. The SMILES string of the molecule is C[C@@H]1CN(CC(N)=O)[C@@H](C)CN1Cc1nc(-c2cn(CC3CCOCC3)c3c(Cl)cccc23)no1.O=C(O)C(F)(F)F. The summed E-state index contributed by atoms with van der Waals surface area (Å²) in [5.41, 5.74) is 7.34. The number of benzene rings is 1. The molecule has 15 heteroatoms. The van der Waals surface area contributed by atoms with Gasteiger partial charge in [-0.2, -0.15) is 18.2 Å². The number of hydrogen-bond donors (Lipinski definition) is 2. The molecule has 1 aromatic carbocycles. The van der Waals surface area contributed by atoms with E-state index in [0.717, 1.165) is 67.2 Å². The first kappa shape index (κ1) is 31.7. The van der Waals surface area contributed by atoms with Gasteiger partial charge in [0, 0.05) is 62.1 Å². The van der Waals surface area contributed by atoms with E-state index in [-0.39, 0.29) is 24.5 Å². The zero-order chi connectivity index (χ0) is 30.6. The third-order valence-electron chi connectivity index (χ3n) is 7.54. The molecule has 230 valence electrons. The van der Waals surface area contributed by atoms with Gasteiger partial charge in [-0.1, -0.05) is 28.9 Å². The summed E-state index contributed by atoms with van der Waals surface area (Å²) in [6, 6.07) is 6.40. The van der Waals surface area contributed by atoms with Crippen LogP contribution in [0.4, 0.5) is 13.2 Å². The van der Waals surface area contributed by atoms with Gasteiger partial charge in [0.2, 0.25) is 17.6 Å². The summed E-state index contributed by atoms with van der Waals surface area (Å²) in [5.74, 6) is -1.34. The van der Waals surface area contributed by atoms with Crippen molar-refractivity contribution in [2.75, 3.05) is 32.8 Å². The maximum absolute atomic E-state index is 11.4. The summed E-state index contributed by atoms with van der Waals surface area (Å²) in [5, 5.41) is 13.2. The van der Waals surface area contributed by atoms with E-state index in [1.165, 1.54) is 0 Å². The van der Waals surface area contributed by atoms with Crippen molar-refractivity contribution in [2.45, 2.75) is 58.0 Å². The minimum absolute atomic E-state index is 0.214. The summed E-state index contributed by atoms with van der Waals surface area (Å²) in [7, 11) is 0. The van der Waals surface area contributed by atoms with Crippen LogP contribution >= 0.6 is 11.6 Å². The van der Waals surface area contributed by atoms with Gasteiger partial charge in [-0.25, -0.2) is 4.79 Å². The zero-order valence-corrected chi connectivity index (χ0v) is 24.1. The topological polar surface area (TPSA) is 140 Å². The van der Waals surface area contributed by atoms with Gasteiger partial charge in [-0.05, 0) is 38.7 Å². The predicted octanol–water partition coefficient (Wildman–Crippen LogP) is 3.78. The van der Waals surface area contributed by atoms with Crippen molar-refractivity contribution in [3.8, 4) is 11.4 Å². The molecule has 42 heavy (non-hydrogen) atoms. The number of aromatic nitrogens is 3. The number of hydrogen-bond acceptors (Lipinski definition) is 8.